The number of rotatable bonds is 4. The van der Waals surface area contributed by atoms with Crippen molar-refractivity contribution in [1.82, 2.24) is 10.2 Å². The van der Waals surface area contributed by atoms with Crippen LogP contribution in [0.3, 0.4) is 0 Å². The molecule has 1 saturated heterocycles. The normalized spacial score (nSPS) is 17.6. The Bertz CT molecular complexity index is 682. The fraction of sp³-hybridized carbons (Fsp3) is 0.421. The molecular weight excluding hydrogens is 300 g/mol. The van der Waals surface area contributed by atoms with E-state index in [4.69, 9.17) is 0 Å². The van der Waals surface area contributed by atoms with Crippen molar-refractivity contribution < 1.29 is 4.79 Å². The van der Waals surface area contributed by atoms with Gasteiger partial charge in [-0.3, -0.25) is 4.79 Å². The summed E-state index contributed by atoms with van der Waals surface area (Å²) in [4.78, 5) is 14.7. The average molecular weight is 324 g/mol. The molecule has 126 valence electrons. The summed E-state index contributed by atoms with van der Waals surface area (Å²) in [6.45, 7) is 5.66. The van der Waals surface area contributed by atoms with Crippen LogP contribution in [0.5, 0.6) is 0 Å². The lowest BCUT2D eigenvalue weighted by Gasteiger charge is -2.32. The number of anilines is 2. The molecule has 5 heteroatoms. The van der Waals surface area contributed by atoms with Crippen LogP contribution in [0.25, 0.3) is 0 Å². The molecular formula is C19H24N4O. The molecule has 1 aliphatic heterocycles. The van der Waals surface area contributed by atoms with E-state index in [2.05, 4.69) is 39.5 Å². The highest BCUT2D eigenvalue weighted by molar-refractivity contribution is 5.93. The molecule has 3 rings (SSSR count). The second-order valence-corrected chi connectivity index (χ2v) is 6.36. The van der Waals surface area contributed by atoms with Crippen molar-refractivity contribution in [3.8, 4) is 0 Å². The van der Waals surface area contributed by atoms with Gasteiger partial charge in [0.1, 0.15) is 0 Å². The number of carbonyl (C=O) groups excluding carboxylic acids is 1. The van der Waals surface area contributed by atoms with E-state index in [0.717, 1.165) is 43.0 Å². The van der Waals surface area contributed by atoms with Crippen LogP contribution in [0.4, 0.5) is 11.5 Å². The van der Waals surface area contributed by atoms with Crippen molar-refractivity contribution in [2.75, 3.05) is 23.3 Å². The molecule has 0 aliphatic carbocycles. The van der Waals surface area contributed by atoms with Gasteiger partial charge in [-0.05, 0) is 56.0 Å². The standard InChI is InChI=1S/C19H24N4O/c1-3-15-7-9-17(10-8-15)20-19(24)16-5-4-12-23(13-16)18-11-6-14(2)21-22-18/h6-11,16H,3-5,12-13H2,1-2H3,(H,20,24). The van der Waals surface area contributed by atoms with Gasteiger partial charge in [-0.2, -0.15) is 5.10 Å². The zero-order valence-electron chi connectivity index (χ0n) is 14.3. The van der Waals surface area contributed by atoms with Crippen LogP contribution in [0.15, 0.2) is 36.4 Å². The summed E-state index contributed by atoms with van der Waals surface area (Å²) in [7, 11) is 0. The van der Waals surface area contributed by atoms with Crippen molar-refractivity contribution >= 4 is 17.4 Å². The van der Waals surface area contributed by atoms with Gasteiger partial charge in [0.2, 0.25) is 5.91 Å². The van der Waals surface area contributed by atoms with Crippen LogP contribution >= 0.6 is 0 Å². The first-order valence-corrected chi connectivity index (χ1v) is 8.61. The molecule has 1 fully saturated rings. The second kappa shape index (κ2) is 7.43. The number of nitrogens with zero attached hydrogens (tertiary/aromatic N) is 3. The number of nitrogens with one attached hydrogen (secondary N) is 1. The van der Waals surface area contributed by atoms with Gasteiger partial charge in [0.15, 0.2) is 5.82 Å². The number of amides is 1. The lowest BCUT2D eigenvalue weighted by molar-refractivity contribution is -0.120. The maximum Gasteiger partial charge on any atom is 0.229 e. The molecule has 0 radical (unpaired) electrons. The van der Waals surface area contributed by atoms with Crippen LogP contribution in [-0.4, -0.2) is 29.2 Å². The predicted octanol–water partition coefficient (Wildman–Crippen LogP) is 3.20. The third kappa shape index (κ3) is 3.91. The first-order chi connectivity index (χ1) is 11.7. The number of benzene rings is 1. The van der Waals surface area contributed by atoms with Gasteiger partial charge in [-0.25, -0.2) is 0 Å². The lowest BCUT2D eigenvalue weighted by Crippen LogP contribution is -2.41. The van der Waals surface area contributed by atoms with Gasteiger partial charge >= 0.3 is 0 Å². The van der Waals surface area contributed by atoms with E-state index in [1.807, 2.05) is 31.2 Å². The van der Waals surface area contributed by atoms with Gasteiger partial charge in [0, 0.05) is 18.8 Å². The van der Waals surface area contributed by atoms with Crippen molar-refractivity contribution in [2.24, 2.45) is 5.92 Å². The Labute approximate surface area is 143 Å². The average Bonchev–Trinajstić information content (AvgIpc) is 2.63. The Morgan fingerprint density at radius 1 is 1.21 bits per heavy atom. The minimum Gasteiger partial charge on any atom is -0.354 e. The van der Waals surface area contributed by atoms with Crippen molar-refractivity contribution in [3.63, 3.8) is 0 Å². The van der Waals surface area contributed by atoms with E-state index < -0.39 is 0 Å². The summed E-state index contributed by atoms with van der Waals surface area (Å²) in [5.74, 6) is 0.919. The minimum absolute atomic E-state index is 0.0206. The van der Waals surface area contributed by atoms with Crippen molar-refractivity contribution in [1.29, 1.82) is 0 Å². The first kappa shape index (κ1) is 16.4. The van der Waals surface area contributed by atoms with E-state index >= 15 is 0 Å². The molecule has 1 N–H and O–H groups in total. The van der Waals surface area contributed by atoms with E-state index in [0.29, 0.717) is 6.54 Å². The van der Waals surface area contributed by atoms with Crippen LogP contribution < -0.4 is 10.2 Å². The fourth-order valence-corrected chi connectivity index (χ4v) is 3.03. The van der Waals surface area contributed by atoms with Gasteiger partial charge < -0.3 is 10.2 Å². The molecule has 2 aromatic rings. The molecule has 1 aromatic carbocycles. The van der Waals surface area contributed by atoms with Crippen molar-refractivity contribution in [2.45, 2.75) is 33.1 Å². The van der Waals surface area contributed by atoms with Crippen LogP contribution in [-0.2, 0) is 11.2 Å². The molecule has 0 saturated carbocycles. The second-order valence-electron chi connectivity index (χ2n) is 6.36. The SMILES string of the molecule is CCc1ccc(NC(=O)C2CCCN(c3ccc(C)nn3)C2)cc1. The molecule has 1 atom stereocenters. The zero-order valence-corrected chi connectivity index (χ0v) is 14.3. The van der Waals surface area contributed by atoms with Crippen LogP contribution in [0.1, 0.15) is 31.0 Å². The Balaban J connectivity index is 1.63. The molecule has 1 aliphatic rings. The third-order valence-electron chi connectivity index (χ3n) is 4.53. The number of aromatic nitrogens is 2. The summed E-state index contributed by atoms with van der Waals surface area (Å²) < 4.78 is 0. The molecule has 1 aromatic heterocycles. The largest absolute Gasteiger partial charge is 0.354 e. The van der Waals surface area contributed by atoms with Gasteiger partial charge in [0.05, 0.1) is 11.6 Å². The lowest BCUT2D eigenvalue weighted by atomic mass is 9.97. The Morgan fingerprint density at radius 2 is 2.00 bits per heavy atom. The minimum atomic E-state index is -0.0206. The van der Waals surface area contributed by atoms with Gasteiger partial charge in [0.25, 0.3) is 0 Å². The smallest absolute Gasteiger partial charge is 0.229 e. The first-order valence-electron chi connectivity index (χ1n) is 8.61. The Kier molecular flexibility index (Phi) is 5.08. The summed E-state index contributed by atoms with van der Waals surface area (Å²) >= 11 is 0. The summed E-state index contributed by atoms with van der Waals surface area (Å²) in [5.41, 5.74) is 3.04. The van der Waals surface area contributed by atoms with Crippen molar-refractivity contribution in [3.05, 3.63) is 47.7 Å². The third-order valence-corrected chi connectivity index (χ3v) is 4.53. The van der Waals surface area contributed by atoms with E-state index in [1.54, 1.807) is 0 Å². The number of carbonyl (C=O) groups is 1. The number of hydrogen-bond acceptors (Lipinski definition) is 4. The number of piperidine rings is 1. The highest BCUT2D eigenvalue weighted by atomic mass is 16.1. The Morgan fingerprint density at radius 3 is 2.67 bits per heavy atom. The molecule has 1 amide bonds. The zero-order chi connectivity index (χ0) is 16.9. The maximum absolute atomic E-state index is 12.6. The summed E-state index contributed by atoms with van der Waals surface area (Å²) in [6.07, 6.45) is 2.90. The predicted molar refractivity (Wildman–Crippen MR) is 96.2 cm³/mol. The monoisotopic (exact) mass is 324 g/mol. The van der Waals surface area contributed by atoms with Gasteiger partial charge in [-0.1, -0.05) is 19.1 Å². The summed E-state index contributed by atoms with van der Waals surface area (Å²) in [6, 6.07) is 12.0. The molecule has 5 nitrogen and oxygen atoms in total. The maximum atomic E-state index is 12.6. The molecule has 0 bridgehead atoms. The molecule has 0 spiro atoms. The quantitative estimate of drug-likeness (QED) is 0.938. The molecule has 2 heterocycles. The highest BCUT2D eigenvalue weighted by Gasteiger charge is 2.26. The topological polar surface area (TPSA) is 58.1 Å². The number of aryl methyl sites for hydroxylation is 2. The van der Waals surface area contributed by atoms with E-state index in [9.17, 15) is 4.79 Å². The van der Waals surface area contributed by atoms with Gasteiger partial charge in [-0.15, -0.1) is 5.10 Å². The fourth-order valence-electron chi connectivity index (χ4n) is 3.03. The van der Waals surface area contributed by atoms with E-state index in [-0.39, 0.29) is 11.8 Å². The number of hydrogen-bond donors (Lipinski definition) is 1. The Hall–Kier alpha value is -2.43. The highest BCUT2D eigenvalue weighted by Crippen LogP contribution is 2.22. The molecule has 1 unspecified atom stereocenters. The summed E-state index contributed by atoms with van der Waals surface area (Å²) in [5, 5.41) is 11.4. The van der Waals surface area contributed by atoms with Crippen LogP contribution in [0.2, 0.25) is 0 Å². The van der Waals surface area contributed by atoms with E-state index in [1.165, 1.54) is 5.56 Å². The molecule has 24 heavy (non-hydrogen) atoms. The van der Waals surface area contributed by atoms with Crippen LogP contribution in [0, 0.1) is 12.8 Å².